The molecule has 0 heterocycles. The lowest BCUT2D eigenvalue weighted by Crippen LogP contribution is -2.14. The van der Waals surface area contributed by atoms with Crippen molar-refractivity contribution < 1.29 is 4.74 Å². The second-order valence-electron chi connectivity index (χ2n) is 3.46. The Kier molecular flexibility index (Phi) is 6.57. The van der Waals surface area contributed by atoms with Crippen LogP contribution in [0.15, 0.2) is 0 Å². The predicted molar refractivity (Wildman–Crippen MR) is 48.5 cm³/mol. The number of ether oxygens (including phenoxy) is 1. The Hall–Kier alpha value is -0.0800. The predicted octanol–water partition coefficient (Wildman–Crippen LogP) is 1.64. The fraction of sp³-hybridized carbons (Fsp3) is 1.00. The smallest absolute Gasteiger partial charge is 0.0464 e. The SMILES string of the molecule is COCCC(C)CC(C)CN. The topological polar surface area (TPSA) is 35.2 Å². The van der Waals surface area contributed by atoms with E-state index in [1.165, 1.54) is 6.42 Å². The van der Waals surface area contributed by atoms with E-state index in [0.717, 1.165) is 25.5 Å². The van der Waals surface area contributed by atoms with E-state index in [4.69, 9.17) is 10.5 Å². The van der Waals surface area contributed by atoms with Gasteiger partial charge in [-0.05, 0) is 31.2 Å². The number of nitrogens with two attached hydrogens (primary N) is 1. The highest BCUT2D eigenvalue weighted by Gasteiger charge is 2.06. The molecular weight excluding hydrogens is 138 g/mol. The van der Waals surface area contributed by atoms with Crippen LogP contribution in [0, 0.1) is 11.8 Å². The molecule has 2 atom stereocenters. The van der Waals surface area contributed by atoms with Gasteiger partial charge in [-0.2, -0.15) is 0 Å². The van der Waals surface area contributed by atoms with Crippen LogP contribution >= 0.6 is 0 Å². The molecule has 0 radical (unpaired) electrons. The van der Waals surface area contributed by atoms with Crippen LogP contribution in [-0.4, -0.2) is 20.3 Å². The molecule has 0 aromatic heterocycles. The van der Waals surface area contributed by atoms with Gasteiger partial charge in [0, 0.05) is 13.7 Å². The molecule has 0 spiro atoms. The van der Waals surface area contributed by atoms with Crippen LogP contribution in [0.25, 0.3) is 0 Å². The van der Waals surface area contributed by atoms with Crippen LogP contribution < -0.4 is 5.73 Å². The van der Waals surface area contributed by atoms with Gasteiger partial charge in [0.15, 0.2) is 0 Å². The highest BCUT2D eigenvalue weighted by Crippen LogP contribution is 2.13. The van der Waals surface area contributed by atoms with Crippen LogP contribution in [0.3, 0.4) is 0 Å². The second-order valence-corrected chi connectivity index (χ2v) is 3.46. The normalized spacial score (nSPS) is 16.4. The molecule has 0 aliphatic carbocycles. The summed E-state index contributed by atoms with van der Waals surface area (Å²) in [6.45, 7) is 6.13. The monoisotopic (exact) mass is 159 g/mol. The molecule has 0 saturated carbocycles. The standard InChI is InChI=1S/C9H21NO/c1-8(4-5-11-3)6-9(2)7-10/h8-9H,4-7,10H2,1-3H3. The third kappa shape index (κ3) is 6.32. The highest BCUT2D eigenvalue weighted by atomic mass is 16.5. The van der Waals surface area contributed by atoms with E-state index >= 15 is 0 Å². The number of methoxy groups -OCH3 is 1. The Morgan fingerprint density at radius 1 is 1.27 bits per heavy atom. The van der Waals surface area contributed by atoms with Gasteiger partial charge >= 0.3 is 0 Å². The van der Waals surface area contributed by atoms with Gasteiger partial charge in [-0.3, -0.25) is 0 Å². The third-order valence-electron chi connectivity index (χ3n) is 2.02. The lowest BCUT2D eigenvalue weighted by atomic mass is 9.95. The molecular formula is C9H21NO. The fourth-order valence-corrected chi connectivity index (χ4v) is 1.22. The van der Waals surface area contributed by atoms with Crippen molar-refractivity contribution in [2.45, 2.75) is 26.7 Å². The maximum absolute atomic E-state index is 5.52. The molecule has 2 heteroatoms. The van der Waals surface area contributed by atoms with E-state index in [0.29, 0.717) is 5.92 Å². The average molecular weight is 159 g/mol. The number of hydrogen-bond donors (Lipinski definition) is 1. The summed E-state index contributed by atoms with van der Waals surface area (Å²) in [6.07, 6.45) is 2.38. The van der Waals surface area contributed by atoms with Crippen molar-refractivity contribution in [3.05, 3.63) is 0 Å². The van der Waals surface area contributed by atoms with Gasteiger partial charge in [-0.25, -0.2) is 0 Å². The molecule has 11 heavy (non-hydrogen) atoms. The van der Waals surface area contributed by atoms with Gasteiger partial charge in [0.1, 0.15) is 0 Å². The summed E-state index contributed by atoms with van der Waals surface area (Å²) in [5.74, 6) is 1.40. The molecule has 68 valence electrons. The first-order valence-corrected chi connectivity index (χ1v) is 4.39. The minimum absolute atomic E-state index is 0.654. The first-order valence-electron chi connectivity index (χ1n) is 4.39. The van der Waals surface area contributed by atoms with E-state index in [1.54, 1.807) is 7.11 Å². The van der Waals surface area contributed by atoms with Crippen LogP contribution in [-0.2, 0) is 4.74 Å². The van der Waals surface area contributed by atoms with Crippen molar-refractivity contribution in [2.24, 2.45) is 17.6 Å². The Labute approximate surface area is 70.1 Å². The van der Waals surface area contributed by atoms with E-state index in [1.807, 2.05) is 0 Å². The van der Waals surface area contributed by atoms with Gasteiger partial charge in [0.05, 0.1) is 0 Å². The summed E-state index contributed by atoms with van der Waals surface area (Å²) in [5.41, 5.74) is 5.52. The Morgan fingerprint density at radius 2 is 1.91 bits per heavy atom. The highest BCUT2D eigenvalue weighted by molar-refractivity contribution is 4.59. The lowest BCUT2D eigenvalue weighted by Gasteiger charge is -2.14. The van der Waals surface area contributed by atoms with Gasteiger partial charge < -0.3 is 10.5 Å². The molecule has 2 N–H and O–H groups in total. The first-order chi connectivity index (χ1) is 5.20. The molecule has 2 unspecified atom stereocenters. The van der Waals surface area contributed by atoms with Gasteiger partial charge in [0.25, 0.3) is 0 Å². The molecule has 0 bridgehead atoms. The summed E-state index contributed by atoms with van der Waals surface area (Å²) in [5, 5.41) is 0. The van der Waals surface area contributed by atoms with E-state index in [9.17, 15) is 0 Å². The van der Waals surface area contributed by atoms with E-state index in [2.05, 4.69) is 13.8 Å². The summed E-state index contributed by atoms with van der Waals surface area (Å²) < 4.78 is 5.00. The fourth-order valence-electron chi connectivity index (χ4n) is 1.22. The molecule has 0 aliphatic rings. The average Bonchev–Trinajstić information content (AvgIpc) is 2.00. The third-order valence-corrected chi connectivity index (χ3v) is 2.02. The van der Waals surface area contributed by atoms with Crippen molar-refractivity contribution in [2.75, 3.05) is 20.3 Å². The number of rotatable bonds is 6. The molecule has 2 nitrogen and oxygen atoms in total. The van der Waals surface area contributed by atoms with Crippen molar-refractivity contribution in [3.63, 3.8) is 0 Å². The quantitative estimate of drug-likeness (QED) is 0.639. The summed E-state index contributed by atoms with van der Waals surface area (Å²) in [4.78, 5) is 0. The van der Waals surface area contributed by atoms with Crippen molar-refractivity contribution in [1.29, 1.82) is 0 Å². The summed E-state index contributed by atoms with van der Waals surface area (Å²) >= 11 is 0. The largest absolute Gasteiger partial charge is 0.385 e. The molecule has 0 fully saturated rings. The van der Waals surface area contributed by atoms with Crippen molar-refractivity contribution in [3.8, 4) is 0 Å². The van der Waals surface area contributed by atoms with Crippen molar-refractivity contribution in [1.82, 2.24) is 0 Å². The zero-order valence-electron chi connectivity index (χ0n) is 7.97. The molecule has 0 aromatic carbocycles. The number of hydrogen-bond acceptors (Lipinski definition) is 2. The van der Waals surface area contributed by atoms with Crippen LogP contribution in [0.5, 0.6) is 0 Å². The first kappa shape index (κ1) is 10.9. The molecule has 0 amide bonds. The van der Waals surface area contributed by atoms with Gasteiger partial charge in [-0.1, -0.05) is 13.8 Å². The Morgan fingerprint density at radius 3 is 2.36 bits per heavy atom. The van der Waals surface area contributed by atoms with Crippen LogP contribution in [0.1, 0.15) is 26.7 Å². The second kappa shape index (κ2) is 6.62. The minimum atomic E-state index is 0.654. The van der Waals surface area contributed by atoms with E-state index < -0.39 is 0 Å². The Balaban J connectivity index is 3.27. The van der Waals surface area contributed by atoms with Crippen LogP contribution in [0.2, 0.25) is 0 Å². The molecule has 0 saturated heterocycles. The van der Waals surface area contributed by atoms with Gasteiger partial charge in [-0.15, -0.1) is 0 Å². The lowest BCUT2D eigenvalue weighted by molar-refractivity contribution is 0.175. The molecule has 0 rings (SSSR count). The summed E-state index contributed by atoms with van der Waals surface area (Å²) in [7, 11) is 1.75. The minimum Gasteiger partial charge on any atom is -0.385 e. The maximum atomic E-state index is 5.52. The van der Waals surface area contributed by atoms with E-state index in [-0.39, 0.29) is 0 Å². The van der Waals surface area contributed by atoms with Gasteiger partial charge in [0.2, 0.25) is 0 Å². The maximum Gasteiger partial charge on any atom is 0.0464 e. The molecule has 0 aromatic rings. The van der Waals surface area contributed by atoms with Crippen LogP contribution in [0.4, 0.5) is 0 Å². The molecule has 0 aliphatic heterocycles. The summed E-state index contributed by atoms with van der Waals surface area (Å²) in [6, 6.07) is 0. The Bertz CT molecular complexity index is 85.6. The zero-order valence-corrected chi connectivity index (χ0v) is 7.97. The van der Waals surface area contributed by atoms with Crippen molar-refractivity contribution >= 4 is 0 Å². The zero-order chi connectivity index (χ0) is 8.69.